The van der Waals surface area contributed by atoms with Gasteiger partial charge in [0.1, 0.15) is 5.75 Å². The third-order valence-electron chi connectivity index (χ3n) is 2.83. The Hall–Kier alpha value is -1.56. The minimum Gasteiger partial charge on any atom is -0.477 e. The Kier molecular flexibility index (Phi) is 4.79. The van der Waals surface area contributed by atoms with E-state index in [0.29, 0.717) is 31.0 Å². The van der Waals surface area contributed by atoms with Crippen LogP contribution in [0, 0.1) is 0 Å². The van der Waals surface area contributed by atoms with Gasteiger partial charge in [0.05, 0.1) is 12.2 Å². The Morgan fingerprint density at radius 1 is 1.53 bits per heavy atom. The SMILES string of the molecule is CS(=O)CCCNC(=O)C1CNc2ccccc2O1. The number of anilines is 1. The largest absolute Gasteiger partial charge is 0.477 e. The summed E-state index contributed by atoms with van der Waals surface area (Å²) in [6, 6.07) is 7.54. The molecule has 5 nitrogen and oxygen atoms in total. The van der Waals surface area contributed by atoms with Crippen LogP contribution in [0.1, 0.15) is 6.42 Å². The molecule has 19 heavy (non-hydrogen) atoms. The molecule has 2 unspecified atom stereocenters. The first-order chi connectivity index (χ1) is 9.16. The van der Waals surface area contributed by atoms with Crippen molar-refractivity contribution in [1.82, 2.24) is 5.32 Å². The molecule has 1 amide bonds. The predicted molar refractivity (Wildman–Crippen MR) is 75.9 cm³/mol. The second-order valence-electron chi connectivity index (χ2n) is 4.41. The molecule has 1 aliphatic rings. The van der Waals surface area contributed by atoms with Crippen molar-refractivity contribution in [1.29, 1.82) is 0 Å². The monoisotopic (exact) mass is 282 g/mol. The van der Waals surface area contributed by atoms with Gasteiger partial charge in [-0.05, 0) is 18.6 Å². The molecule has 1 aromatic rings. The van der Waals surface area contributed by atoms with Crippen molar-refractivity contribution in [3.8, 4) is 5.75 Å². The third-order valence-corrected chi connectivity index (χ3v) is 3.70. The average molecular weight is 282 g/mol. The van der Waals surface area contributed by atoms with E-state index in [2.05, 4.69) is 10.6 Å². The molecule has 2 N–H and O–H groups in total. The van der Waals surface area contributed by atoms with E-state index in [1.54, 1.807) is 6.26 Å². The van der Waals surface area contributed by atoms with Crippen LogP contribution in [0.3, 0.4) is 0 Å². The van der Waals surface area contributed by atoms with Crippen molar-refractivity contribution in [2.24, 2.45) is 0 Å². The zero-order valence-corrected chi connectivity index (χ0v) is 11.7. The Labute approximate surface area is 115 Å². The first-order valence-corrected chi connectivity index (χ1v) is 7.97. The van der Waals surface area contributed by atoms with E-state index in [-0.39, 0.29) is 5.91 Å². The maximum Gasteiger partial charge on any atom is 0.262 e. The molecule has 2 rings (SSSR count). The molecule has 2 atom stereocenters. The molecular weight excluding hydrogens is 264 g/mol. The Morgan fingerprint density at radius 3 is 3.11 bits per heavy atom. The van der Waals surface area contributed by atoms with Crippen LogP contribution >= 0.6 is 0 Å². The van der Waals surface area contributed by atoms with Gasteiger partial charge < -0.3 is 15.4 Å². The van der Waals surface area contributed by atoms with Crippen molar-refractivity contribution in [2.45, 2.75) is 12.5 Å². The van der Waals surface area contributed by atoms with Crippen molar-refractivity contribution in [2.75, 3.05) is 30.4 Å². The number of benzene rings is 1. The van der Waals surface area contributed by atoms with Crippen LogP contribution < -0.4 is 15.4 Å². The maximum absolute atomic E-state index is 11.9. The quantitative estimate of drug-likeness (QED) is 0.782. The first kappa shape index (κ1) is 13.9. The zero-order chi connectivity index (χ0) is 13.7. The van der Waals surface area contributed by atoms with Crippen LogP contribution in [0.15, 0.2) is 24.3 Å². The fourth-order valence-corrected chi connectivity index (χ4v) is 2.41. The maximum atomic E-state index is 11.9. The van der Waals surface area contributed by atoms with Gasteiger partial charge in [-0.25, -0.2) is 0 Å². The number of nitrogens with one attached hydrogen (secondary N) is 2. The van der Waals surface area contributed by atoms with Crippen LogP contribution in [0.2, 0.25) is 0 Å². The second kappa shape index (κ2) is 6.56. The molecule has 1 heterocycles. The lowest BCUT2D eigenvalue weighted by molar-refractivity contribution is -0.127. The van der Waals surface area contributed by atoms with Gasteiger partial charge in [0, 0.05) is 29.4 Å². The van der Waals surface area contributed by atoms with E-state index < -0.39 is 16.9 Å². The third kappa shape index (κ3) is 3.96. The van der Waals surface area contributed by atoms with Gasteiger partial charge >= 0.3 is 0 Å². The summed E-state index contributed by atoms with van der Waals surface area (Å²) in [6.07, 6.45) is 1.86. The molecule has 1 aliphatic heterocycles. The fraction of sp³-hybridized carbons (Fsp3) is 0.462. The number of ether oxygens (including phenoxy) is 1. The van der Waals surface area contributed by atoms with Crippen molar-refractivity contribution in [3.05, 3.63) is 24.3 Å². The highest BCUT2D eigenvalue weighted by Crippen LogP contribution is 2.28. The molecular formula is C13H18N2O3S. The Bertz CT molecular complexity index is 479. The number of hydrogen-bond donors (Lipinski definition) is 2. The smallest absolute Gasteiger partial charge is 0.262 e. The van der Waals surface area contributed by atoms with Crippen molar-refractivity contribution >= 4 is 22.4 Å². The van der Waals surface area contributed by atoms with Gasteiger partial charge in [0.2, 0.25) is 0 Å². The molecule has 0 saturated heterocycles. The summed E-state index contributed by atoms with van der Waals surface area (Å²) in [5, 5.41) is 5.97. The molecule has 0 bridgehead atoms. The number of amides is 1. The fourth-order valence-electron chi connectivity index (χ4n) is 1.86. The summed E-state index contributed by atoms with van der Waals surface area (Å²) in [5.41, 5.74) is 0.910. The normalized spacial score (nSPS) is 18.7. The number of para-hydroxylation sites is 2. The zero-order valence-electron chi connectivity index (χ0n) is 10.8. The Morgan fingerprint density at radius 2 is 2.32 bits per heavy atom. The number of fused-ring (bicyclic) bond motifs is 1. The van der Waals surface area contributed by atoms with Gasteiger partial charge in [0.25, 0.3) is 5.91 Å². The van der Waals surface area contributed by atoms with Crippen LogP contribution in [-0.4, -0.2) is 41.3 Å². The highest BCUT2D eigenvalue weighted by molar-refractivity contribution is 7.84. The summed E-state index contributed by atoms with van der Waals surface area (Å²) >= 11 is 0. The lowest BCUT2D eigenvalue weighted by atomic mass is 10.2. The minimum absolute atomic E-state index is 0.135. The molecule has 0 aromatic heterocycles. The topological polar surface area (TPSA) is 67.4 Å². The van der Waals surface area contributed by atoms with Crippen molar-refractivity contribution in [3.63, 3.8) is 0 Å². The number of carbonyl (C=O) groups excluding carboxylic acids is 1. The van der Waals surface area contributed by atoms with Crippen LogP contribution in [0.25, 0.3) is 0 Å². The summed E-state index contributed by atoms with van der Waals surface area (Å²) in [6.45, 7) is 0.989. The van der Waals surface area contributed by atoms with Crippen LogP contribution in [0.4, 0.5) is 5.69 Å². The second-order valence-corrected chi connectivity index (χ2v) is 5.96. The molecule has 6 heteroatoms. The van der Waals surface area contributed by atoms with Gasteiger partial charge in [0.15, 0.2) is 6.10 Å². The number of hydrogen-bond acceptors (Lipinski definition) is 4. The van der Waals surface area contributed by atoms with Gasteiger partial charge in [-0.15, -0.1) is 0 Å². The lowest BCUT2D eigenvalue weighted by Gasteiger charge is -2.26. The summed E-state index contributed by atoms with van der Waals surface area (Å²) < 4.78 is 16.5. The molecule has 0 fully saturated rings. The van der Waals surface area contributed by atoms with E-state index in [1.807, 2.05) is 24.3 Å². The highest BCUT2D eigenvalue weighted by Gasteiger charge is 2.25. The average Bonchev–Trinajstić information content (AvgIpc) is 2.42. The van der Waals surface area contributed by atoms with Gasteiger partial charge in [-0.1, -0.05) is 12.1 Å². The summed E-state index contributed by atoms with van der Waals surface area (Å²) in [7, 11) is -0.810. The predicted octanol–water partition coefficient (Wildman–Crippen LogP) is 0.744. The number of carbonyl (C=O) groups is 1. The number of rotatable bonds is 5. The van der Waals surface area contributed by atoms with E-state index >= 15 is 0 Å². The van der Waals surface area contributed by atoms with E-state index in [0.717, 1.165) is 5.69 Å². The molecule has 0 saturated carbocycles. The molecule has 0 aliphatic carbocycles. The molecule has 104 valence electrons. The standard InChI is InChI=1S/C13H18N2O3S/c1-19(17)8-4-7-14-13(16)12-9-15-10-5-2-3-6-11(10)18-12/h2-3,5-6,12,15H,4,7-9H2,1H3,(H,14,16). The molecule has 0 radical (unpaired) electrons. The van der Waals surface area contributed by atoms with Gasteiger partial charge in [-0.2, -0.15) is 0 Å². The molecule has 1 aromatic carbocycles. The van der Waals surface area contributed by atoms with Crippen LogP contribution in [-0.2, 0) is 15.6 Å². The minimum atomic E-state index is -0.810. The van der Waals surface area contributed by atoms with E-state index in [4.69, 9.17) is 4.74 Å². The van der Waals surface area contributed by atoms with E-state index in [1.165, 1.54) is 0 Å². The Balaban J connectivity index is 1.80. The summed E-state index contributed by atoms with van der Waals surface area (Å²) in [5.74, 6) is 1.17. The first-order valence-electron chi connectivity index (χ1n) is 6.24. The molecule has 0 spiro atoms. The van der Waals surface area contributed by atoms with Crippen molar-refractivity contribution < 1.29 is 13.7 Å². The van der Waals surface area contributed by atoms with Gasteiger partial charge in [-0.3, -0.25) is 9.00 Å². The van der Waals surface area contributed by atoms with Crippen LogP contribution in [0.5, 0.6) is 5.75 Å². The lowest BCUT2D eigenvalue weighted by Crippen LogP contribution is -2.45. The summed E-state index contributed by atoms with van der Waals surface area (Å²) in [4.78, 5) is 11.9. The van der Waals surface area contributed by atoms with E-state index in [9.17, 15) is 9.00 Å². The highest BCUT2D eigenvalue weighted by atomic mass is 32.2.